The van der Waals surface area contributed by atoms with Crippen LogP contribution in [0, 0.1) is 11.3 Å². The minimum atomic E-state index is 0.326. The van der Waals surface area contributed by atoms with Gasteiger partial charge in [-0.2, -0.15) is 0 Å². The predicted octanol–water partition coefficient (Wildman–Crippen LogP) is 3.85. The van der Waals surface area contributed by atoms with Crippen molar-refractivity contribution < 1.29 is 0 Å². The van der Waals surface area contributed by atoms with Gasteiger partial charge in [-0.25, -0.2) is 0 Å². The maximum absolute atomic E-state index is 2.44. The molecule has 1 saturated carbocycles. The summed E-state index contributed by atoms with van der Waals surface area (Å²) < 4.78 is 0. The fraction of sp³-hybridized carbons (Fsp3) is 1.00. The topological polar surface area (TPSA) is 0 Å². The van der Waals surface area contributed by atoms with Crippen molar-refractivity contribution in [3.05, 3.63) is 0 Å². The lowest BCUT2D eigenvalue weighted by Gasteiger charge is -2.39. The Morgan fingerprint density at radius 3 is 1.69 bits per heavy atom. The lowest BCUT2D eigenvalue weighted by molar-refractivity contribution is 0.182. The Balaban J connectivity index is 2.39. The molecule has 0 bridgehead atoms. The summed E-state index contributed by atoms with van der Waals surface area (Å²) in [6.07, 6.45) is 10.8. The van der Waals surface area contributed by atoms with Gasteiger partial charge >= 0.3 is 0 Å². The monoisotopic (exact) mass is 202 g/mol. The molecule has 1 aliphatic carbocycles. The first-order chi connectivity index (χ1) is 5.91. The molecule has 1 rings (SSSR count). The van der Waals surface area contributed by atoms with E-state index in [4.69, 9.17) is 0 Å². The maximum Gasteiger partial charge on any atom is -0.0141 e. The molecule has 1 aliphatic rings. The minimum Gasteiger partial charge on any atom is -0.256 e. The number of rotatable bonds is 1. The van der Waals surface area contributed by atoms with E-state index in [1.807, 2.05) is 0 Å². The number of thiol groups is 1. The third-order valence-corrected chi connectivity index (χ3v) is 5.63. The van der Waals surface area contributed by atoms with Crippen molar-refractivity contribution in [2.75, 3.05) is 12.5 Å². The molecule has 1 fully saturated rings. The number of hydrogen-bond acceptors (Lipinski definition) is 0. The molecule has 0 spiro atoms. The van der Waals surface area contributed by atoms with E-state index < -0.39 is 0 Å². The third-order valence-electron chi connectivity index (χ3n) is 3.65. The van der Waals surface area contributed by atoms with E-state index in [-0.39, 0.29) is 0 Å². The second-order valence-electron chi connectivity index (χ2n) is 5.84. The predicted molar refractivity (Wildman–Crippen MR) is 66.0 cm³/mol. The second kappa shape index (κ2) is 4.25. The minimum absolute atomic E-state index is 0.326. The van der Waals surface area contributed by atoms with E-state index in [1.54, 1.807) is 0 Å². The molecule has 0 aliphatic heterocycles. The van der Waals surface area contributed by atoms with Crippen LogP contribution in [0.25, 0.3) is 0 Å². The lowest BCUT2D eigenvalue weighted by atomic mass is 9.72. The van der Waals surface area contributed by atoms with Gasteiger partial charge in [-0.3, -0.25) is 10.9 Å². The largest absolute Gasteiger partial charge is 0.256 e. The average Bonchev–Trinajstić information content (AvgIpc) is 2.03. The van der Waals surface area contributed by atoms with Crippen LogP contribution in [-0.2, 0) is 0 Å². The van der Waals surface area contributed by atoms with E-state index in [9.17, 15) is 0 Å². The Hall–Kier alpha value is 0.350. The summed E-state index contributed by atoms with van der Waals surface area (Å²) in [6.45, 7) is 7.20. The van der Waals surface area contributed by atoms with Gasteiger partial charge in [-0.05, 0) is 54.8 Å². The summed E-state index contributed by atoms with van der Waals surface area (Å²) in [5.74, 6) is 0.985. The molecule has 0 radical (unpaired) electrons. The van der Waals surface area contributed by atoms with Crippen molar-refractivity contribution in [3.63, 3.8) is 0 Å². The molecule has 0 amide bonds. The fourth-order valence-electron chi connectivity index (χ4n) is 2.46. The van der Waals surface area contributed by atoms with Gasteiger partial charge in [0, 0.05) is 0 Å². The SMILES string of the molecule is C[SH](C)C1CCC(C(C)(C)C)CC1. The maximum atomic E-state index is 2.44. The normalized spacial score (nSPS) is 31.6. The van der Waals surface area contributed by atoms with Crippen LogP contribution in [0.15, 0.2) is 0 Å². The summed E-state index contributed by atoms with van der Waals surface area (Å²) in [5, 5.41) is 1.08. The first kappa shape index (κ1) is 11.4. The quantitative estimate of drug-likeness (QED) is 0.613. The first-order valence-electron chi connectivity index (χ1n) is 5.57. The van der Waals surface area contributed by atoms with Gasteiger partial charge in [0.15, 0.2) is 0 Å². The third kappa shape index (κ3) is 3.19. The van der Waals surface area contributed by atoms with Gasteiger partial charge in [0.25, 0.3) is 0 Å². The van der Waals surface area contributed by atoms with Crippen molar-refractivity contribution in [1.82, 2.24) is 0 Å². The zero-order valence-electron chi connectivity index (χ0n) is 9.93. The van der Waals surface area contributed by atoms with Crippen molar-refractivity contribution in [1.29, 1.82) is 0 Å². The van der Waals surface area contributed by atoms with Gasteiger partial charge in [0.05, 0.1) is 0 Å². The molecule has 0 N–H and O–H groups in total. The summed E-state index contributed by atoms with van der Waals surface area (Å²) in [5.41, 5.74) is 0.551. The van der Waals surface area contributed by atoms with Crippen LogP contribution in [0.4, 0.5) is 0 Å². The van der Waals surface area contributed by atoms with Crippen LogP contribution < -0.4 is 0 Å². The molecule has 0 atom stereocenters. The average molecular weight is 202 g/mol. The van der Waals surface area contributed by atoms with Crippen molar-refractivity contribution in [2.24, 2.45) is 11.3 Å². The molecule has 0 aromatic carbocycles. The molecule has 13 heavy (non-hydrogen) atoms. The van der Waals surface area contributed by atoms with Crippen LogP contribution in [0.1, 0.15) is 46.5 Å². The molecule has 0 unspecified atom stereocenters. The van der Waals surface area contributed by atoms with Crippen molar-refractivity contribution >= 4 is 10.9 Å². The highest BCUT2D eigenvalue weighted by molar-refractivity contribution is 8.16. The molecule has 1 heteroatoms. The van der Waals surface area contributed by atoms with Gasteiger partial charge in [0.1, 0.15) is 0 Å². The standard InChI is InChI=1S/C12H26S/c1-12(2,3)10-6-8-11(9-7-10)13(4)5/h10-11,13H,6-9H2,1-5H3. The van der Waals surface area contributed by atoms with Crippen LogP contribution >= 0.6 is 10.9 Å². The molecular formula is C12H26S. The highest BCUT2D eigenvalue weighted by Gasteiger charge is 2.29. The molecule has 80 valence electrons. The zero-order valence-corrected chi connectivity index (χ0v) is 10.8. The van der Waals surface area contributed by atoms with Gasteiger partial charge < -0.3 is 0 Å². The van der Waals surface area contributed by atoms with E-state index in [0.717, 1.165) is 11.2 Å². The zero-order chi connectivity index (χ0) is 10.1. The summed E-state index contributed by atoms with van der Waals surface area (Å²) in [6, 6.07) is 0. The van der Waals surface area contributed by atoms with Crippen LogP contribution in [0.5, 0.6) is 0 Å². The number of hydrogen-bond donors (Lipinski definition) is 1. The van der Waals surface area contributed by atoms with Crippen LogP contribution in [0.3, 0.4) is 0 Å². The lowest BCUT2D eigenvalue weighted by Crippen LogP contribution is -2.27. The van der Waals surface area contributed by atoms with E-state index >= 15 is 0 Å². The van der Waals surface area contributed by atoms with Crippen molar-refractivity contribution in [2.45, 2.75) is 51.7 Å². The molecule has 0 aromatic heterocycles. The summed E-state index contributed by atoms with van der Waals surface area (Å²) in [4.78, 5) is 0. The summed E-state index contributed by atoms with van der Waals surface area (Å²) in [7, 11) is 0.326. The smallest absolute Gasteiger partial charge is 0.0141 e. The highest BCUT2D eigenvalue weighted by atomic mass is 32.2. The van der Waals surface area contributed by atoms with E-state index in [2.05, 4.69) is 33.3 Å². The molecule has 0 aromatic rings. The van der Waals surface area contributed by atoms with E-state index in [0.29, 0.717) is 16.3 Å². The van der Waals surface area contributed by atoms with Gasteiger partial charge in [-0.15, -0.1) is 0 Å². The van der Waals surface area contributed by atoms with Gasteiger partial charge in [-0.1, -0.05) is 20.8 Å². The molecule has 0 heterocycles. The molecule has 0 nitrogen and oxygen atoms in total. The second-order valence-corrected chi connectivity index (χ2v) is 8.49. The summed E-state index contributed by atoms with van der Waals surface area (Å²) >= 11 is 0. The fourth-order valence-corrected chi connectivity index (χ4v) is 3.79. The highest BCUT2D eigenvalue weighted by Crippen LogP contribution is 2.43. The van der Waals surface area contributed by atoms with Crippen molar-refractivity contribution in [3.8, 4) is 0 Å². The molecule has 0 saturated heterocycles. The van der Waals surface area contributed by atoms with Gasteiger partial charge in [0.2, 0.25) is 0 Å². The molecular weight excluding hydrogens is 176 g/mol. The Morgan fingerprint density at radius 2 is 1.38 bits per heavy atom. The van der Waals surface area contributed by atoms with E-state index in [1.165, 1.54) is 25.7 Å². The Kier molecular flexibility index (Phi) is 3.73. The Morgan fingerprint density at radius 1 is 0.923 bits per heavy atom. The Bertz CT molecular complexity index is 147. The Labute approximate surface area is 86.8 Å². The van der Waals surface area contributed by atoms with Crippen LogP contribution in [-0.4, -0.2) is 17.8 Å². The first-order valence-corrected chi connectivity index (χ1v) is 7.88. The van der Waals surface area contributed by atoms with Crippen LogP contribution in [0.2, 0.25) is 0 Å².